The fourth-order valence-corrected chi connectivity index (χ4v) is 2.64. The van der Waals surface area contributed by atoms with E-state index in [0.29, 0.717) is 6.42 Å². The molecular formula is C16H22N2O2. The van der Waals surface area contributed by atoms with Gasteiger partial charge in [0, 0.05) is 26.1 Å². The van der Waals surface area contributed by atoms with Gasteiger partial charge in [-0.3, -0.25) is 9.59 Å². The summed E-state index contributed by atoms with van der Waals surface area (Å²) in [5.74, 6) is 0.190. The monoisotopic (exact) mass is 274 g/mol. The molecule has 20 heavy (non-hydrogen) atoms. The minimum atomic E-state index is 0.00897. The topological polar surface area (TPSA) is 49.4 Å². The summed E-state index contributed by atoms with van der Waals surface area (Å²) in [4.78, 5) is 25.2. The summed E-state index contributed by atoms with van der Waals surface area (Å²) in [6, 6.07) is 8.22. The molecule has 4 heteroatoms. The predicted octanol–water partition coefficient (Wildman–Crippen LogP) is 1.66. The van der Waals surface area contributed by atoms with Crippen molar-refractivity contribution in [3.8, 4) is 0 Å². The zero-order valence-electron chi connectivity index (χ0n) is 12.2. The number of nitrogens with zero attached hydrogens (tertiary/aromatic N) is 1. The fourth-order valence-electron chi connectivity index (χ4n) is 2.64. The van der Waals surface area contributed by atoms with E-state index in [4.69, 9.17) is 0 Å². The normalized spacial score (nSPS) is 16.0. The van der Waals surface area contributed by atoms with Crippen LogP contribution >= 0.6 is 0 Å². The molecule has 4 nitrogen and oxygen atoms in total. The van der Waals surface area contributed by atoms with Crippen LogP contribution in [0.25, 0.3) is 0 Å². The predicted molar refractivity (Wildman–Crippen MR) is 78.3 cm³/mol. The third-order valence-corrected chi connectivity index (χ3v) is 3.86. The number of benzene rings is 1. The largest absolute Gasteiger partial charge is 0.353 e. The second kappa shape index (κ2) is 6.55. The Balaban J connectivity index is 1.86. The van der Waals surface area contributed by atoms with Crippen molar-refractivity contribution in [2.24, 2.45) is 0 Å². The first kappa shape index (κ1) is 14.6. The molecule has 1 aromatic carbocycles. The molecule has 1 N–H and O–H groups in total. The first-order chi connectivity index (χ1) is 9.56. The van der Waals surface area contributed by atoms with E-state index < -0.39 is 0 Å². The van der Waals surface area contributed by atoms with E-state index >= 15 is 0 Å². The number of rotatable bonds is 3. The molecule has 0 radical (unpaired) electrons. The summed E-state index contributed by atoms with van der Waals surface area (Å²) >= 11 is 0. The minimum absolute atomic E-state index is 0.00897. The van der Waals surface area contributed by atoms with Crippen molar-refractivity contribution in [2.75, 3.05) is 13.1 Å². The number of carbonyl (C=O) groups is 2. The van der Waals surface area contributed by atoms with E-state index in [1.54, 1.807) is 0 Å². The lowest BCUT2D eigenvalue weighted by Crippen LogP contribution is -2.46. The second-order valence-electron chi connectivity index (χ2n) is 5.46. The van der Waals surface area contributed by atoms with Gasteiger partial charge in [0.25, 0.3) is 0 Å². The number of aryl methyl sites for hydroxylation is 1. The lowest BCUT2D eigenvalue weighted by Gasteiger charge is -2.32. The second-order valence-corrected chi connectivity index (χ2v) is 5.46. The first-order valence-electron chi connectivity index (χ1n) is 7.15. The molecule has 1 aliphatic heterocycles. The molecule has 108 valence electrons. The van der Waals surface area contributed by atoms with E-state index in [1.807, 2.05) is 36.1 Å². The molecule has 0 bridgehead atoms. The summed E-state index contributed by atoms with van der Waals surface area (Å²) in [6.07, 6.45) is 2.16. The molecule has 1 aliphatic rings. The average molecular weight is 274 g/mol. The molecule has 2 amide bonds. The minimum Gasteiger partial charge on any atom is -0.353 e. The van der Waals surface area contributed by atoms with Gasteiger partial charge in [0.15, 0.2) is 0 Å². The molecule has 0 spiro atoms. The Morgan fingerprint density at radius 1 is 1.25 bits per heavy atom. The summed E-state index contributed by atoms with van der Waals surface area (Å²) in [7, 11) is 0. The smallest absolute Gasteiger partial charge is 0.227 e. The van der Waals surface area contributed by atoms with Crippen LogP contribution in [-0.4, -0.2) is 35.8 Å². The SMILES string of the molecule is CC(=O)NC1CCN(C(=O)Cc2ccccc2C)CC1. The maximum atomic E-state index is 12.3. The van der Waals surface area contributed by atoms with Crippen LogP contribution in [0.15, 0.2) is 24.3 Å². The fraction of sp³-hybridized carbons (Fsp3) is 0.500. The van der Waals surface area contributed by atoms with Crippen LogP contribution in [0.4, 0.5) is 0 Å². The van der Waals surface area contributed by atoms with Gasteiger partial charge in [-0.1, -0.05) is 24.3 Å². The third kappa shape index (κ3) is 3.83. The summed E-state index contributed by atoms with van der Waals surface area (Å²) in [6.45, 7) is 5.03. The number of piperidine rings is 1. The molecular weight excluding hydrogens is 252 g/mol. The Morgan fingerprint density at radius 2 is 1.90 bits per heavy atom. The van der Waals surface area contributed by atoms with Gasteiger partial charge in [-0.25, -0.2) is 0 Å². The van der Waals surface area contributed by atoms with E-state index in [1.165, 1.54) is 6.92 Å². The van der Waals surface area contributed by atoms with Crippen molar-refractivity contribution in [1.82, 2.24) is 10.2 Å². The zero-order valence-corrected chi connectivity index (χ0v) is 12.2. The standard InChI is InChI=1S/C16H22N2O2/c1-12-5-3-4-6-14(12)11-16(20)18-9-7-15(8-10-18)17-13(2)19/h3-6,15H,7-11H2,1-2H3,(H,17,19). The van der Waals surface area contributed by atoms with Crippen LogP contribution in [0.1, 0.15) is 30.9 Å². The quantitative estimate of drug-likeness (QED) is 0.911. The maximum Gasteiger partial charge on any atom is 0.227 e. The maximum absolute atomic E-state index is 12.3. The van der Waals surface area contributed by atoms with Crippen molar-refractivity contribution in [3.63, 3.8) is 0 Å². The Kier molecular flexibility index (Phi) is 4.77. The van der Waals surface area contributed by atoms with Gasteiger partial charge in [-0.15, -0.1) is 0 Å². The summed E-state index contributed by atoms with van der Waals surface area (Å²) in [5, 5.41) is 2.92. The average Bonchev–Trinajstić information content (AvgIpc) is 2.41. The summed E-state index contributed by atoms with van der Waals surface area (Å²) < 4.78 is 0. The lowest BCUT2D eigenvalue weighted by atomic mass is 10.0. The van der Waals surface area contributed by atoms with Crippen LogP contribution in [0, 0.1) is 6.92 Å². The van der Waals surface area contributed by atoms with Gasteiger partial charge in [0.2, 0.25) is 11.8 Å². The molecule has 0 saturated carbocycles. The number of nitrogens with one attached hydrogen (secondary N) is 1. The van der Waals surface area contributed by atoms with Crippen molar-refractivity contribution >= 4 is 11.8 Å². The van der Waals surface area contributed by atoms with E-state index in [2.05, 4.69) is 5.32 Å². The Hall–Kier alpha value is -1.84. The molecule has 1 heterocycles. The van der Waals surface area contributed by atoms with Crippen LogP contribution in [-0.2, 0) is 16.0 Å². The van der Waals surface area contributed by atoms with Crippen molar-refractivity contribution < 1.29 is 9.59 Å². The van der Waals surface area contributed by atoms with E-state index in [0.717, 1.165) is 37.1 Å². The first-order valence-corrected chi connectivity index (χ1v) is 7.15. The van der Waals surface area contributed by atoms with Gasteiger partial charge in [-0.05, 0) is 30.9 Å². The van der Waals surface area contributed by atoms with E-state index in [9.17, 15) is 9.59 Å². The highest BCUT2D eigenvalue weighted by Gasteiger charge is 2.23. The molecule has 0 aromatic heterocycles. The molecule has 1 aromatic rings. The van der Waals surface area contributed by atoms with Crippen molar-refractivity contribution in [1.29, 1.82) is 0 Å². The number of hydrogen-bond acceptors (Lipinski definition) is 2. The van der Waals surface area contributed by atoms with Gasteiger partial charge < -0.3 is 10.2 Å². The Bertz CT molecular complexity index is 491. The van der Waals surface area contributed by atoms with E-state index in [-0.39, 0.29) is 17.9 Å². The third-order valence-electron chi connectivity index (χ3n) is 3.86. The highest BCUT2D eigenvalue weighted by molar-refractivity contribution is 5.79. The van der Waals surface area contributed by atoms with Crippen LogP contribution in [0.2, 0.25) is 0 Å². The van der Waals surface area contributed by atoms with Crippen molar-refractivity contribution in [3.05, 3.63) is 35.4 Å². The Morgan fingerprint density at radius 3 is 2.50 bits per heavy atom. The van der Waals surface area contributed by atoms with Crippen LogP contribution in [0.5, 0.6) is 0 Å². The van der Waals surface area contributed by atoms with Crippen LogP contribution < -0.4 is 5.32 Å². The highest BCUT2D eigenvalue weighted by Crippen LogP contribution is 2.14. The number of hydrogen-bond donors (Lipinski definition) is 1. The van der Waals surface area contributed by atoms with Gasteiger partial charge in [0.05, 0.1) is 6.42 Å². The zero-order chi connectivity index (χ0) is 14.5. The molecule has 0 atom stereocenters. The molecule has 2 rings (SSSR count). The van der Waals surface area contributed by atoms with Gasteiger partial charge in [-0.2, -0.15) is 0 Å². The molecule has 0 aliphatic carbocycles. The lowest BCUT2D eigenvalue weighted by molar-refractivity contribution is -0.131. The number of likely N-dealkylation sites (tertiary alicyclic amines) is 1. The van der Waals surface area contributed by atoms with Gasteiger partial charge in [0.1, 0.15) is 0 Å². The molecule has 1 fully saturated rings. The van der Waals surface area contributed by atoms with Crippen LogP contribution in [0.3, 0.4) is 0 Å². The highest BCUT2D eigenvalue weighted by atomic mass is 16.2. The summed E-state index contributed by atoms with van der Waals surface area (Å²) in [5.41, 5.74) is 2.26. The number of carbonyl (C=O) groups excluding carboxylic acids is 2. The number of amides is 2. The Labute approximate surface area is 120 Å². The van der Waals surface area contributed by atoms with Gasteiger partial charge >= 0.3 is 0 Å². The molecule has 1 saturated heterocycles. The van der Waals surface area contributed by atoms with Crippen molar-refractivity contribution in [2.45, 2.75) is 39.2 Å². The molecule has 0 unspecified atom stereocenters.